The Morgan fingerprint density at radius 1 is 0.833 bits per heavy atom. The maximum Gasteiger partial charge on any atom is 0.488 e. The number of rotatable bonds is 5. The van der Waals surface area contributed by atoms with Gasteiger partial charge in [0, 0.05) is 54.7 Å². The lowest BCUT2D eigenvalue weighted by molar-refractivity contribution is 0.0235. The smallest absolute Gasteiger partial charge is 0.474 e. The molecule has 4 rings (SSSR count). The molecule has 162 valence electrons. The molecule has 30 heavy (non-hydrogen) atoms. The van der Waals surface area contributed by atoms with E-state index in [-0.39, 0.29) is 12.2 Å². The van der Waals surface area contributed by atoms with Crippen LogP contribution in [0.5, 0.6) is 11.8 Å². The quantitative estimate of drug-likeness (QED) is 0.623. The van der Waals surface area contributed by atoms with Crippen molar-refractivity contribution >= 4 is 28.5 Å². The van der Waals surface area contributed by atoms with Crippen molar-refractivity contribution < 1.29 is 29.0 Å². The molecule has 0 saturated carbocycles. The van der Waals surface area contributed by atoms with E-state index in [0.717, 1.165) is 43.4 Å². The molecule has 2 saturated heterocycles. The van der Waals surface area contributed by atoms with Gasteiger partial charge in [-0.3, -0.25) is 0 Å². The third kappa shape index (κ3) is 7.84. The van der Waals surface area contributed by atoms with E-state index >= 15 is 0 Å². The van der Waals surface area contributed by atoms with Crippen LogP contribution in [-0.2, 0) is 9.47 Å². The summed E-state index contributed by atoms with van der Waals surface area (Å²) < 4.78 is 22.8. The molecule has 4 heterocycles. The Morgan fingerprint density at radius 2 is 1.33 bits per heavy atom. The molecule has 2 aliphatic rings. The van der Waals surface area contributed by atoms with Gasteiger partial charge in [-0.05, 0) is 17.6 Å². The summed E-state index contributed by atoms with van der Waals surface area (Å²) in [6.45, 7) is 2.98. The standard InChI is InChI=1S/C10H14BNO4.C10H12BrNO2/c13-11(14)8-1-4-12-10(7-8)16-9-2-5-15-6-3-9;11-8-1-4-12-10(7-8)14-9-2-5-13-6-3-9/h1,4,7,9,13-14H,2-3,5-6H2;1,4,7,9H,2-3,5-6H2. The fourth-order valence-electron chi connectivity index (χ4n) is 3.03. The van der Waals surface area contributed by atoms with Crippen LogP contribution in [0, 0.1) is 0 Å². The van der Waals surface area contributed by atoms with E-state index < -0.39 is 7.12 Å². The summed E-state index contributed by atoms with van der Waals surface area (Å²) >= 11 is 3.38. The van der Waals surface area contributed by atoms with Crippen molar-refractivity contribution in [1.29, 1.82) is 0 Å². The van der Waals surface area contributed by atoms with E-state index in [9.17, 15) is 0 Å². The minimum Gasteiger partial charge on any atom is -0.474 e. The molecule has 0 atom stereocenters. The fraction of sp³-hybridized carbons (Fsp3) is 0.500. The van der Waals surface area contributed by atoms with Gasteiger partial charge in [0.25, 0.3) is 0 Å². The van der Waals surface area contributed by atoms with E-state index in [2.05, 4.69) is 25.9 Å². The summed E-state index contributed by atoms with van der Waals surface area (Å²) in [5.41, 5.74) is 0.386. The first kappa shape index (κ1) is 23.0. The van der Waals surface area contributed by atoms with Gasteiger partial charge < -0.3 is 29.0 Å². The highest BCUT2D eigenvalue weighted by atomic mass is 79.9. The Bertz CT molecular complexity index is 772. The maximum absolute atomic E-state index is 9.01. The van der Waals surface area contributed by atoms with Crippen molar-refractivity contribution in [2.24, 2.45) is 0 Å². The molecule has 2 N–H and O–H groups in total. The zero-order chi connectivity index (χ0) is 21.2. The molecule has 2 aromatic rings. The van der Waals surface area contributed by atoms with Gasteiger partial charge >= 0.3 is 7.12 Å². The van der Waals surface area contributed by atoms with E-state index in [1.54, 1.807) is 18.3 Å². The Kier molecular flexibility index (Phi) is 9.35. The molecule has 0 radical (unpaired) electrons. The SMILES string of the molecule is Brc1ccnc(OC2CCOCC2)c1.OB(O)c1ccnc(OC2CCOCC2)c1. The first-order valence-corrected chi connectivity index (χ1v) is 10.8. The number of halogens is 1. The second-order valence-electron chi connectivity index (χ2n) is 6.97. The van der Waals surface area contributed by atoms with Gasteiger partial charge in [-0.15, -0.1) is 0 Å². The van der Waals surface area contributed by atoms with Crippen LogP contribution in [0.1, 0.15) is 25.7 Å². The van der Waals surface area contributed by atoms with Crippen molar-refractivity contribution in [2.45, 2.75) is 37.9 Å². The van der Waals surface area contributed by atoms with Crippen LogP contribution in [0.2, 0.25) is 0 Å². The highest BCUT2D eigenvalue weighted by molar-refractivity contribution is 9.10. The number of nitrogens with zero attached hydrogens (tertiary/aromatic N) is 2. The highest BCUT2D eigenvalue weighted by Gasteiger charge is 2.18. The Morgan fingerprint density at radius 3 is 1.83 bits per heavy atom. The summed E-state index contributed by atoms with van der Waals surface area (Å²) in [6, 6.07) is 6.86. The minimum atomic E-state index is -1.49. The summed E-state index contributed by atoms with van der Waals surface area (Å²) in [5, 5.41) is 18.0. The number of ether oxygens (including phenoxy) is 4. The normalized spacial score (nSPS) is 17.6. The van der Waals surface area contributed by atoms with Crippen LogP contribution < -0.4 is 14.9 Å². The Balaban J connectivity index is 0.000000172. The Hall–Kier alpha value is -1.72. The van der Waals surface area contributed by atoms with Crippen LogP contribution in [-0.4, -0.2) is 65.8 Å². The first-order valence-electron chi connectivity index (χ1n) is 10.0. The average molecular weight is 481 g/mol. The molecular formula is C20H26BBrN2O6. The molecule has 0 spiro atoms. The molecule has 8 nitrogen and oxygen atoms in total. The van der Waals surface area contributed by atoms with E-state index in [4.69, 9.17) is 29.0 Å². The summed E-state index contributed by atoms with van der Waals surface area (Å²) in [6.07, 6.45) is 7.18. The molecule has 10 heteroatoms. The van der Waals surface area contributed by atoms with Gasteiger partial charge in [-0.1, -0.05) is 15.9 Å². The van der Waals surface area contributed by atoms with E-state index in [0.29, 0.717) is 30.4 Å². The van der Waals surface area contributed by atoms with E-state index in [1.165, 1.54) is 6.20 Å². The summed E-state index contributed by atoms with van der Waals surface area (Å²) in [7, 11) is -1.49. The molecular weight excluding hydrogens is 455 g/mol. The van der Waals surface area contributed by atoms with Gasteiger partial charge in [0.05, 0.1) is 26.4 Å². The second-order valence-corrected chi connectivity index (χ2v) is 7.89. The third-order valence-electron chi connectivity index (χ3n) is 4.67. The van der Waals surface area contributed by atoms with Gasteiger partial charge in [0.15, 0.2) is 0 Å². The van der Waals surface area contributed by atoms with Crippen molar-refractivity contribution in [1.82, 2.24) is 9.97 Å². The lowest BCUT2D eigenvalue weighted by Gasteiger charge is -2.22. The molecule has 0 amide bonds. The van der Waals surface area contributed by atoms with Crippen molar-refractivity contribution in [2.75, 3.05) is 26.4 Å². The molecule has 0 aromatic carbocycles. The summed E-state index contributed by atoms with van der Waals surface area (Å²) in [5.74, 6) is 1.11. The van der Waals surface area contributed by atoms with Crippen molar-refractivity contribution in [3.63, 3.8) is 0 Å². The van der Waals surface area contributed by atoms with Gasteiger partial charge in [-0.2, -0.15) is 0 Å². The Labute approximate surface area is 184 Å². The molecule has 2 aliphatic heterocycles. The van der Waals surface area contributed by atoms with Crippen LogP contribution >= 0.6 is 15.9 Å². The fourth-order valence-corrected chi connectivity index (χ4v) is 3.34. The van der Waals surface area contributed by atoms with Gasteiger partial charge in [-0.25, -0.2) is 9.97 Å². The minimum absolute atomic E-state index is 0.104. The molecule has 2 fully saturated rings. The first-order chi connectivity index (χ1) is 14.6. The van der Waals surface area contributed by atoms with Gasteiger partial charge in [0.2, 0.25) is 11.8 Å². The molecule has 2 aromatic heterocycles. The number of pyridine rings is 2. The third-order valence-corrected chi connectivity index (χ3v) is 5.16. The zero-order valence-corrected chi connectivity index (χ0v) is 18.2. The monoisotopic (exact) mass is 480 g/mol. The van der Waals surface area contributed by atoms with E-state index in [1.807, 2.05) is 12.1 Å². The molecule has 0 bridgehead atoms. The average Bonchev–Trinajstić information content (AvgIpc) is 2.76. The topological polar surface area (TPSA) is 103 Å². The van der Waals surface area contributed by atoms with Crippen LogP contribution in [0.25, 0.3) is 0 Å². The maximum atomic E-state index is 9.01. The largest absolute Gasteiger partial charge is 0.488 e. The van der Waals surface area contributed by atoms with Crippen molar-refractivity contribution in [3.8, 4) is 11.8 Å². The summed E-state index contributed by atoms with van der Waals surface area (Å²) in [4.78, 5) is 8.17. The highest BCUT2D eigenvalue weighted by Crippen LogP contribution is 2.19. The van der Waals surface area contributed by atoms with Crippen LogP contribution in [0.15, 0.2) is 41.1 Å². The van der Waals surface area contributed by atoms with Crippen LogP contribution in [0.3, 0.4) is 0 Å². The van der Waals surface area contributed by atoms with Crippen LogP contribution in [0.4, 0.5) is 0 Å². The second kappa shape index (κ2) is 12.2. The number of hydrogen-bond acceptors (Lipinski definition) is 8. The predicted octanol–water partition coefficient (Wildman–Crippen LogP) is 1.72. The molecule has 0 aliphatic carbocycles. The lowest BCUT2D eigenvalue weighted by atomic mass is 9.81. The predicted molar refractivity (Wildman–Crippen MR) is 115 cm³/mol. The molecule has 0 unspecified atom stereocenters. The number of hydrogen-bond donors (Lipinski definition) is 2. The lowest BCUT2D eigenvalue weighted by Crippen LogP contribution is -2.31. The van der Waals surface area contributed by atoms with Gasteiger partial charge in [0.1, 0.15) is 12.2 Å². The van der Waals surface area contributed by atoms with Crippen molar-refractivity contribution in [3.05, 3.63) is 41.1 Å². The zero-order valence-electron chi connectivity index (χ0n) is 16.7. The number of aromatic nitrogens is 2.